The van der Waals surface area contributed by atoms with Crippen LogP contribution >= 0.6 is 0 Å². The fourth-order valence-corrected chi connectivity index (χ4v) is 6.41. The third-order valence-corrected chi connectivity index (χ3v) is 8.84. The first-order chi connectivity index (χ1) is 22.0. The average Bonchev–Trinajstić information content (AvgIpc) is 3.61. The topological polar surface area (TPSA) is 146 Å². The number of benzene rings is 3. The van der Waals surface area contributed by atoms with Crippen LogP contribution in [0.15, 0.2) is 66.4 Å². The number of halogens is 2. The minimum absolute atomic E-state index is 0.0789. The van der Waals surface area contributed by atoms with E-state index in [1.54, 1.807) is 37.3 Å². The zero-order valence-corrected chi connectivity index (χ0v) is 25.4. The first-order valence-electron chi connectivity index (χ1n) is 14.3. The summed E-state index contributed by atoms with van der Waals surface area (Å²) < 4.78 is 68.8. The number of Topliss-reactive ketones (excluding diaryl/α,β-unsaturated/α-hetero) is 1. The minimum Gasteiger partial charge on any atom is -0.454 e. The van der Waals surface area contributed by atoms with Gasteiger partial charge in [-0.15, -0.1) is 0 Å². The highest BCUT2D eigenvalue weighted by atomic mass is 32.2. The monoisotopic (exact) mass is 649 g/mol. The Morgan fingerprint density at radius 3 is 2.57 bits per heavy atom. The van der Waals surface area contributed by atoms with E-state index in [1.165, 1.54) is 40.1 Å². The van der Waals surface area contributed by atoms with Crippen LogP contribution in [0.2, 0.25) is 0 Å². The van der Waals surface area contributed by atoms with E-state index in [2.05, 4.69) is 9.82 Å². The number of hydrogen-bond donors (Lipinski definition) is 2. The number of aromatic nitrogens is 2. The lowest BCUT2D eigenvalue weighted by Crippen LogP contribution is -2.44. The normalized spacial score (nSPS) is 14.5. The molecule has 3 aromatic carbocycles. The van der Waals surface area contributed by atoms with E-state index in [9.17, 15) is 26.8 Å². The maximum Gasteiger partial charge on any atom is 0.241 e. The number of ketones is 1. The van der Waals surface area contributed by atoms with E-state index in [1.807, 2.05) is 0 Å². The minimum atomic E-state index is -4.21. The molecule has 1 aromatic heterocycles. The van der Waals surface area contributed by atoms with Gasteiger partial charge >= 0.3 is 0 Å². The molecule has 1 amide bonds. The Hall–Kier alpha value is -5.08. The summed E-state index contributed by atoms with van der Waals surface area (Å²) in [5.74, 6) is -2.65. The molecule has 238 valence electrons. The van der Waals surface area contributed by atoms with Crippen LogP contribution in [0.25, 0.3) is 11.8 Å². The Morgan fingerprint density at radius 2 is 1.83 bits per heavy atom. The van der Waals surface area contributed by atoms with Crippen molar-refractivity contribution in [2.45, 2.75) is 13.3 Å². The molecule has 2 heterocycles. The Labute approximate surface area is 263 Å². The van der Waals surface area contributed by atoms with Crippen molar-refractivity contribution < 1.29 is 36.3 Å². The fraction of sp³-hybridized carbons (Fsp3) is 0.219. The number of nitrogen functional groups attached to an aromatic ring is 1. The molecule has 0 saturated carbocycles. The van der Waals surface area contributed by atoms with Crippen molar-refractivity contribution in [1.82, 2.24) is 14.7 Å². The van der Waals surface area contributed by atoms with Gasteiger partial charge in [0.15, 0.2) is 17.3 Å². The number of ether oxygens (including phenoxy) is 2. The summed E-state index contributed by atoms with van der Waals surface area (Å²) in [6.45, 7) is 3.00. The molecule has 1 aliphatic carbocycles. The molecule has 11 nitrogen and oxygen atoms in total. The molecule has 4 aromatic rings. The molecule has 0 atom stereocenters. The van der Waals surface area contributed by atoms with Crippen LogP contribution in [-0.4, -0.2) is 66.8 Å². The molecule has 3 N–H and O–H groups in total. The average molecular weight is 650 g/mol. The molecule has 0 radical (unpaired) electrons. The molecule has 6 rings (SSSR count). The Morgan fingerprint density at radius 1 is 1.07 bits per heavy atom. The number of carbonyl (C=O) groups excluding carboxylic acids is 2. The summed E-state index contributed by atoms with van der Waals surface area (Å²) in [4.78, 5) is 27.3. The van der Waals surface area contributed by atoms with Gasteiger partial charge in [-0.2, -0.15) is 5.10 Å². The van der Waals surface area contributed by atoms with Crippen molar-refractivity contribution in [1.29, 1.82) is 0 Å². The van der Waals surface area contributed by atoms with Crippen molar-refractivity contribution >= 4 is 39.3 Å². The molecule has 0 unspecified atom stereocenters. The summed E-state index contributed by atoms with van der Waals surface area (Å²) in [5.41, 5.74) is 8.71. The van der Waals surface area contributed by atoms with E-state index in [0.717, 1.165) is 6.07 Å². The highest BCUT2D eigenvalue weighted by Crippen LogP contribution is 2.34. The van der Waals surface area contributed by atoms with E-state index in [0.29, 0.717) is 46.9 Å². The van der Waals surface area contributed by atoms with Gasteiger partial charge in [0.1, 0.15) is 23.1 Å². The molecule has 14 heteroatoms. The van der Waals surface area contributed by atoms with Crippen LogP contribution < -0.4 is 15.2 Å². The zero-order valence-electron chi connectivity index (χ0n) is 24.6. The number of anilines is 2. The van der Waals surface area contributed by atoms with Crippen LogP contribution in [0, 0.1) is 18.6 Å². The highest BCUT2D eigenvalue weighted by Gasteiger charge is 2.28. The number of aryl methyl sites for hydroxylation is 1. The number of hydrogen-bond acceptors (Lipinski definition) is 8. The molecule has 1 saturated heterocycles. The third kappa shape index (κ3) is 6.34. The summed E-state index contributed by atoms with van der Waals surface area (Å²) in [5, 5.41) is 4.31. The molecule has 2 aliphatic rings. The highest BCUT2D eigenvalue weighted by molar-refractivity contribution is 7.93. The summed E-state index contributed by atoms with van der Waals surface area (Å²) in [6.07, 6.45) is 2.97. The van der Waals surface area contributed by atoms with Crippen LogP contribution in [0.4, 0.5) is 20.3 Å². The smallest absolute Gasteiger partial charge is 0.241 e. The summed E-state index contributed by atoms with van der Waals surface area (Å²) in [6, 6.07) is 13.5. The molecule has 0 spiro atoms. The van der Waals surface area contributed by atoms with Crippen molar-refractivity contribution in [3.63, 3.8) is 0 Å². The number of nitrogens with two attached hydrogens (primary N) is 1. The van der Waals surface area contributed by atoms with Crippen LogP contribution in [0.1, 0.15) is 27.0 Å². The number of amides is 1. The van der Waals surface area contributed by atoms with Crippen molar-refractivity contribution in [2.24, 2.45) is 0 Å². The van der Waals surface area contributed by atoms with E-state index < -0.39 is 39.1 Å². The summed E-state index contributed by atoms with van der Waals surface area (Å²) >= 11 is 0. The molecule has 46 heavy (non-hydrogen) atoms. The third-order valence-electron chi connectivity index (χ3n) is 7.69. The van der Waals surface area contributed by atoms with Gasteiger partial charge in [0, 0.05) is 25.1 Å². The van der Waals surface area contributed by atoms with Crippen LogP contribution in [-0.2, 0) is 26.0 Å². The lowest BCUT2D eigenvalue weighted by atomic mass is 10.0. The predicted octanol–water partition coefficient (Wildman–Crippen LogP) is 4.26. The first kappa shape index (κ1) is 30.9. The van der Waals surface area contributed by atoms with Gasteiger partial charge in [0.25, 0.3) is 0 Å². The number of sulfonamides is 1. The van der Waals surface area contributed by atoms with Crippen LogP contribution in [0.5, 0.6) is 11.5 Å². The van der Waals surface area contributed by atoms with Gasteiger partial charge in [-0.3, -0.25) is 14.3 Å². The Balaban J connectivity index is 1.15. The van der Waals surface area contributed by atoms with E-state index >= 15 is 0 Å². The molecular weight excluding hydrogens is 620 g/mol. The van der Waals surface area contributed by atoms with Crippen molar-refractivity contribution in [2.75, 3.05) is 42.5 Å². The lowest BCUT2D eigenvalue weighted by Gasteiger charge is -2.26. The van der Waals surface area contributed by atoms with E-state index in [-0.39, 0.29) is 42.3 Å². The van der Waals surface area contributed by atoms with Gasteiger partial charge in [0.05, 0.1) is 36.3 Å². The van der Waals surface area contributed by atoms with Crippen molar-refractivity contribution in [3.05, 3.63) is 100 Å². The predicted molar refractivity (Wildman–Crippen MR) is 166 cm³/mol. The van der Waals surface area contributed by atoms with Crippen LogP contribution in [0.3, 0.4) is 0 Å². The second-order valence-electron chi connectivity index (χ2n) is 10.9. The number of nitrogens with zero attached hydrogens (tertiary/aromatic N) is 3. The largest absolute Gasteiger partial charge is 0.454 e. The first-order valence-corrected chi connectivity index (χ1v) is 15.9. The lowest BCUT2D eigenvalue weighted by molar-refractivity contribution is -0.132. The van der Waals surface area contributed by atoms with Crippen molar-refractivity contribution in [3.8, 4) is 17.2 Å². The maximum absolute atomic E-state index is 15.0. The number of morpholine rings is 1. The Kier molecular flexibility index (Phi) is 8.32. The molecule has 1 fully saturated rings. The van der Waals surface area contributed by atoms with E-state index in [4.69, 9.17) is 15.2 Å². The number of nitrogens with one attached hydrogen (secondary N) is 1. The molecule has 1 aliphatic heterocycles. The van der Waals surface area contributed by atoms with Gasteiger partial charge in [0.2, 0.25) is 15.9 Å². The van der Waals surface area contributed by atoms with Gasteiger partial charge in [-0.25, -0.2) is 21.9 Å². The number of para-hydroxylation sites is 1. The standard InChI is InChI=1S/C32H29F2N5O6S/c1-19-12-23(45-29-5-3-2-4-25(29)33)6-7-28(19)39-32(35)24(17-36-39)31(41)22-13-20-15-26(34)27(16-21(20)14-22)37-46(42,43)18-30(40)38-8-10-44-11-9-38/h2-7,12-13,15-17,37H,8-11,14,18,35H2,1H3. The molecular formula is C32H29F2N5O6S. The number of fused-ring (bicyclic) bond motifs is 1. The quantitative estimate of drug-likeness (QED) is 0.256. The second-order valence-corrected chi connectivity index (χ2v) is 12.6. The second kappa shape index (κ2) is 12.4. The Bertz CT molecular complexity index is 2000. The summed E-state index contributed by atoms with van der Waals surface area (Å²) in [7, 11) is -4.21. The number of allylic oxidation sites excluding steroid dienone is 1. The maximum atomic E-state index is 15.0. The SMILES string of the molecule is Cc1cc(Oc2ccccc2F)ccc1-n1ncc(C(=O)C2=Cc3cc(F)c(NS(=O)(=O)CC(=O)N4CCOCC4)cc3C2)c1N. The van der Waals surface area contributed by atoms with Gasteiger partial charge in [-0.05, 0) is 72.2 Å². The number of carbonyl (C=O) groups is 2. The number of rotatable bonds is 9. The van der Waals surface area contributed by atoms with Gasteiger partial charge in [-0.1, -0.05) is 12.1 Å². The van der Waals surface area contributed by atoms with Gasteiger partial charge < -0.3 is 20.1 Å². The zero-order chi connectivity index (χ0) is 32.6. The molecule has 0 bridgehead atoms. The fourth-order valence-electron chi connectivity index (χ4n) is 5.34.